The molecule has 130 valence electrons. The Morgan fingerprint density at radius 3 is 1.62 bits per heavy atom. The first-order chi connectivity index (χ1) is 11.2. The predicted octanol–water partition coefficient (Wildman–Crippen LogP) is 3.11. The van der Waals surface area contributed by atoms with Gasteiger partial charge >= 0.3 is 0 Å². The smallest absolute Gasteiger partial charge is 0.261 e. The quantitative estimate of drug-likeness (QED) is 0.567. The van der Waals surface area contributed by atoms with Crippen molar-refractivity contribution in [1.29, 1.82) is 0 Å². The SMILES string of the molecule is CC(C)C(=O)CBr.CC(C)C(=O)CN1C(=O)c2ccccc2C1=O. The highest BCUT2D eigenvalue weighted by atomic mass is 79.9. The van der Waals surface area contributed by atoms with Crippen molar-refractivity contribution in [1.82, 2.24) is 4.90 Å². The lowest BCUT2D eigenvalue weighted by Crippen LogP contribution is -2.36. The molecule has 1 aliphatic heterocycles. The van der Waals surface area contributed by atoms with E-state index >= 15 is 0 Å². The highest BCUT2D eigenvalue weighted by molar-refractivity contribution is 9.09. The van der Waals surface area contributed by atoms with Crippen molar-refractivity contribution in [2.24, 2.45) is 11.8 Å². The first-order valence-corrected chi connectivity index (χ1v) is 8.89. The molecule has 5 nitrogen and oxygen atoms in total. The van der Waals surface area contributed by atoms with Gasteiger partial charge in [-0.2, -0.15) is 0 Å². The van der Waals surface area contributed by atoms with Crippen LogP contribution >= 0.6 is 15.9 Å². The van der Waals surface area contributed by atoms with E-state index in [4.69, 9.17) is 0 Å². The molecule has 0 spiro atoms. The molecule has 1 aromatic carbocycles. The number of alkyl halides is 1. The molecule has 2 rings (SSSR count). The number of hydrogen-bond donors (Lipinski definition) is 0. The summed E-state index contributed by atoms with van der Waals surface area (Å²) in [5.41, 5.74) is 0.767. The zero-order chi connectivity index (χ0) is 18.4. The second-order valence-corrected chi connectivity index (χ2v) is 6.68. The molecule has 6 heteroatoms. The normalized spacial score (nSPS) is 13.0. The molecule has 0 radical (unpaired) electrons. The number of ketones is 2. The number of nitrogens with zero attached hydrogens (tertiary/aromatic N) is 1. The summed E-state index contributed by atoms with van der Waals surface area (Å²) in [7, 11) is 0. The maximum atomic E-state index is 11.9. The van der Waals surface area contributed by atoms with Gasteiger partial charge in [0.25, 0.3) is 11.8 Å². The third-order valence-electron chi connectivity index (χ3n) is 3.61. The molecule has 1 heterocycles. The van der Waals surface area contributed by atoms with E-state index in [1.54, 1.807) is 38.1 Å². The zero-order valence-corrected chi connectivity index (χ0v) is 15.9. The molecule has 1 aromatic rings. The molecule has 0 N–H and O–H groups in total. The average Bonchev–Trinajstić information content (AvgIpc) is 2.79. The lowest BCUT2D eigenvalue weighted by molar-refractivity contribution is -0.122. The van der Waals surface area contributed by atoms with E-state index in [9.17, 15) is 19.2 Å². The van der Waals surface area contributed by atoms with Crippen LogP contribution in [-0.2, 0) is 9.59 Å². The van der Waals surface area contributed by atoms with E-state index < -0.39 is 0 Å². The van der Waals surface area contributed by atoms with Crippen LogP contribution in [0.25, 0.3) is 0 Å². The number of benzene rings is 1. The van der Waals surface area contributed by atoms with Gasteiger partial charge in [0, 0.05) is 11.8 Å². The van der Waals surface area contributed by atoms with Gasteiger partial charge < -0.3 is 0 Å². The number of amides is 2. The molecule has 0 aliphatic carbocycles. The van der Waals surface area contributed by atoms with Crippen LogP contribution in [0.15, 0.2) is 24.3 Å². The molecular weight excluding hydrogens is 374 g/mol. The van der Waals surface area contributed by atoms with Crippen molar-refractivity contribution < 1.29 is 19.2 Å². The van der Waals surface area contributed by atoms with Crippen molar-refractivity contribution in [2.45, 2.75) is 27.7 Å². The molecule has 0 atom stereocenters. The van der Waals surface area contributed by atoms with Gasteiger partial charge in [-0.05, 0) is 12.1 Å². The lowest BCUT2D eigenvalue weighted by atomic mass is 10.1. The van der Waals surface area contributed by atoms with E-state index in [0.717, 1.165) is 4.90 Å². The fourth-order valence-corrected chi connectivity index (χ4v) is 2.52. The lowest BCUT2D eigenvalue weighted by Gasteiger charge is -2.13. The van der Waals surface area contributed by atoms with Crippen molar-refractivity contribution >= 4 is 39.3 Å². The van der Waals surface area contributed by atoms with Crippen molar-refractivity contribution in [3.8, 4) is 0 Å². The van der Waals surface area contributed by atoms with Crippen LogP contribution in [0.4, 0.5) is 0 Å². The average molecular weight is 396 g/mol. The van der Waals surface area contributed by atoms with Crippen LogP contribution < -0.4 is 0 Å². The number of Topliss-reactive ketones (excluding diaryl/α,β-unsaturated/α-hetero) is 2. The van der Waals surface area contributed by atoms with Gasteiger partial charge in [-0.3, -0.25) is 24.1 Å². The molecule has 0 saturated heterocycles. The second kappa shape index (κ2) is 8.87. The highest BCUT2D eigenvalue weighted by Crippen LogP contribution is 2.22. The third-order valence-corrected chi connectivity index (χ3v) is 4.16. The van der Waals surface area contributed by atoms with Gasteiger partial charge in [0.05, 0.1) is 23.0 Å². The minimum absolute atomic E-state index is 0.112. The summed E-state index contributed by atoms with van der Waals surface area (Å²) >= 11 is 3.07. The topological polar surface area (TPSA) is 71.5 Å². The van der Waals surface area contributed by atoms with Gasteiger partial charge in [-0.25, -0.2) is 0 Å². The van der Waals surface area contributed by atoms with Crippen LogP contribution in [0.5, 0.6) is 0 Å². The Kier molecular flexibility index (Phi) is 7.48. The van der Waals surface area contributed by atoms with Gasteiger partial charge in [0.2, 0.25) is 0 Å². The number of fused-ring (bicyclic) bond motifs is 1. The van der Waals surface area contributed by atoms with Gasteiger partial charge in [-0.15, -0.1) is 0 Å². The summed E-state index contributed by atoms with van der Waals surface area (Å²) in [6.45, 7) is 7.15. The summed E-state index contributed by atoms with van der Waals surface area (Å²) < 4.78 is 0. The van der Waals surface area contributed by atoms with E-state index in [1.165, 1.54) is 0 Å². The minimum atomic E-state index is -0.375. The number of halogens is 1. The Morgan fingerprint density at radius 1 is 0.917 bits per heavy atom. The van der Waals surface area contributed by atoms with Crippen LogP contribution in [0, 0.1) is 11.8 Å². The summed E-state index contributed by atoms with van der Waals surface area (Å²) in [5, 5.41) is 0.491. The monoisotopic (exact) mass is 395 g/mol. The van der Waals surface area contributed by atoms with Gasteiger partial charge in [0.15, 0.2) is 5.78 Å². The zero-order valence-electron chi connectivity index (χ0n) is 14.3. The predicted molar refractivity (Wildman–Crippen MR) is 95.3 cm³/mol. The maximum absolute atomic E-state index is 11.9. The number of rotatable bonds is 5. The van der Waals surface area contributed by atoms with Gasteiger partial charge in [0.1, 0.15) is 5.78 Å². The molecule has 0 unspecified atom stereocenters. The van der Waals surface area contributed by atoms with E-state index in [2.05, 4.69) is 15.9 Å². The number of hydrogen-bond acceptors (Lipinski definition) is 4. The van der Waals surface area contributed by atoms with Crippen LogP contribution in [-0.4, -0.2) is 40.2 Å². The third kappa shape index (κ3) is 4.84. The minimum Gasteiger partial charge on any atom is -0.298 e. The highest BCUT2D eigenvalue weighted by Gasteiger charge is 2.36. The number of carbonyl (C=O) groups is 4. The molecule has 24 heavy (non-hydrogen) atoms. The molecule has 0 saturated carbocycles. The van der Waals surface area contributed by atoms with E-state index in [1.807, 2.05) is 13.8 Å². The fraction of sp³-hybridized carbons (Fsp3) is 0.444. The largest absolute Gasteiger partial charge is 0.298 e. The Hall–Kier alpha value is -1.82. The molecule has 0 aromatic heterocycles. The number of carbonyl (C=O) groups excluding carboxylic acids is 4. The maximum Gasteiger partial charge on any atom is 0.261 e. The summed E-state index contributed by atoms with van der Waals surface area (Å²) in [6, 6.07) is 6.63. The molecule has 2 amide bonds. The summed E-state index contributed by atoms with van der Waals surface area (Å²) in [6.07, 6.45) is 0. The van der Waals surface area contributed by atoms with Crippen molar-refractivity contribution in [3.63, 3.8) is 0 Å². The van der Waals surface area contributed by atoms with Crippen LogP contribution in [0.3, 0.4) is 0 Å². The molecular formula is C18H22BrNO4. The Bertz CT molecular complexity index is 617. The second-order valence-electron chi connectivity index (χ2n) is 6.12. The fourth-order valence-electron chi connectivity index (χ4n) is 1.88. The van der Waals surface area contributed by atoms with Crippen LogP contribution in [0.1, 0.15) is 48.4 Å². The molecule has 1 aliphatic rings. The Labute approximate surface area is 150 Å². The molecule has 0 bridgehead atoms. The molecule has 0 fully saturated rings. The van der Waals surface area contributed by atoms with Crippen LogP contribution in [0.2, 0.25) is 0 Å². The summed E-state index contributed by atoms with van der Waals surface area (Å²) in [5.74, 6) is -0.600. The van der Waals surface area contributed by atoms with Crippen molar-refractivity contribution in [2.75, 3.05) is 11.9 Å². The Balaban J connectivity index is 0.000000351. The van der Waals surface area contributed by atoms with Crippen molar-refractivity contribution in [3.05, 3.63) is 35.4 Å². The number of imide groups is 1. The first-order valence-electron chi connectivity index (χ1n) is 7.77. The van der Waals surface area contributed by atoms with E-state index in [0.29, 0.717) is 16.5 Å². The van der Waals surface area contributed by atoms with Gasteiger partial charge in [-0.1, -0.05) is 55.8 Å². The Morgan fingerprint density at radius 2 is 1.33 bits per heavy atom. The van der Waals surface area contributed by atoms with E-state index in [-0.39, 0.29) is 41.8 Å². The standard InChI is InChI=1S/C13H13NO3.C5H9BrO/c1-8(2)11(15)7-14-12(16)9-5-3-4-6-10(9)13(14)17;1-4(2)5(7)3-6/h3-6,8H,7H2,1-2H3;4H,3H2,1-2H3. The first kappa shape index (κ1) is 20.2. The summed E-state index contributed by atoms with van der Waals surface area (Å²) in [4.78, 5) is 46.9.